The second-order valence-corrected chi connectivity index (χ2v) is 7.06. The molecule has 3 rings (SSSR count). The molecule has 0 radical (unpaired) electrons. The molecule has 1 saturated carbocycles. The first kappa shape index (κ1) is 12.4. The van der Waals surface area contributed by atoms with Crippen molar-refractivity contribution < 1.29 is 0 Å². The topological polar surface area (TPSA) is 26.0 Å². The van der Waals surface area contributed by atoms with Gasteiger partial charge in [0.1, 0.15) is 0 Å². The van der Waals surface area contributed by atoms with Crippen LogP contribution in [0.2, 0.25) is 0 Å². The summed E-state index contributed by atoms with van der Waals surface area (Å²) in [6.45, 7) is 2.15. The summed E-state index contributed by atoms with van der Waals surface area (Å²) in [5.74, 6) is 0.725. The van der Waals surface area contributed by atoms with Gasteiger partial charge in [-0.05, 0) is 61.1 Å². The Balaban J connectivity index is 1.92. The first-order valence-electron chi connectivity index (χ1n) is 6.27. The van der Waals surface area contributed by atoms with E-state index in [-0.39, 0.29) is 6.04 Å². The number of rotatable bonds is 3. The second kappa shape index (κ2) is 4.80. The highest BCUT2D eigenvalue weighted by atomic mass is 79.9. The first-order valence-corrected chi connectivity index (χ1v) is 7.88. The molecule has 94 valence electrons. The lowest BCUT2D eigenvalue weighted by Gasteiger charge is -2.07. The first-order chi connectivity index (χ1) is 8.65. The third-order valence-electron chi connectivity index (χ3n) is 3.54. The van der Waals surface area contributed by atoms with Gasteiger partial charge in [0.25, 0.3) is 0 Å². The van der Waals surface area contributed by atoms with Crippen LogP contribution in [0.3, 0.4) is 0 Å². The molecule has 1 aliphatic carbocycles. The Bertz CT molecular complexity index is 572. The zero-order chi connectivity index (χ0) is 12.7. The van der Waals surface area contributed by atoms with Crippen molar-refractivity contribution in [2.75, 3.05) is 0 Å². The van der Waals surface area contributed by atoms with Crippen LogP contribution < -0.4 is 5.73 Å². The fourth-order valence-electron chi connectivity index (χ4n) is 2.27. The molecule has 1 fully saturated rings. The molecular weight excluding hydrogens is 306 g/mol. The van der Waals surface area contributed by atoms with Crippen LogP contribution in [0.5, 0.6) is 0 Å². The fourth-order valence-corrected chi connectivity index (χ4v) is 3.94. The van der Waals surface area contributed by atoms with E-state index >= 15 is 0 Å². The third-order valence-corrected chi connectivity index (χ3v) is 5.25. The molecule has 2 N–H and O–H groups in total. The standard InChI is InChI=1S/C15H16BrNS/c1-9-8-11(16)4-5-12(9)13-6-7-14(18-13)15(17)10-2-3-10/h4-8,10,15H,2-3,17H2,1H3. The second-order valence-electron chi connectivity index (χ2n) is 5.02. The highest BCUT2D eigenvalue weighted by molar-refractivity contribution is 9.10. The zero-order valence-electron chi connectivity index (χ0n) is 10.3. The van der Waals surface area contributed by atoms with Crippen molar-refractivity contribution in [1.82, 2.24) is 0 Å². The SMILES string of the molecule is Cc1cc(Br)ccc1-c1ccc(C(N)C2CC2)s1. The van der Waals surface area contributed by atoms with Crippen molar-refractivity contribution in [2.45, 2.75) is 25.8 Å². The molecule has 0 saturated heterocycles. The van der Waals surface area contributed by atoms with Crippen molar-refractivity contribution in [1.29, 1.82) is 0 Å². The quantitative estimate of drug-likeness (QED) is 0.855. The number of thiophene rings is 1. The number of hydrogen-bond donors (Lipinski definition) is 1. The molecule has 1 nitrogen and oxygen atoms in total. The Hall–Kier alpha value is -0.640. The largest absolute Gasteiger partial charge is 0.323 e. The minimum Gasteiger partial charge on any atom is -0.323 e. The van der Waals surface area contributed by atoms with Crippen molar-refractivity contribution in [3.05, 3.63) is 45.2 Å². The van der Waals surface area contributed by atoms with Gasteiger partial charge in [0.15, 0.2) is 0 Å². The Morgan fingerprint density at radius 2 is 2.06 bits per heavy atom. The minimum atomic E-state index is 0.250. The lowest BCUT2D eigenvalue weighted by Crippen LogP contribution is -2.10. The highest BCUT2D eigenvalue weighted by Crippen LogP contribution is 2.43. The fraction of sp³-hybridized carbons (Fsp3) is 0.333. The predicted molar refractivity (Wildman–Crippen MR) is 81.8 cm³/mol. The van der Waals surface area contributed by atoms with E-state index in [1.807, 2.05) is 11.3 Å². The van der Waals surface area contributed by atoms with Gasteiger partial charge in [-0.2, -0.15) is 0 Å². The van der Waals surface area contributed by atoms with Crippen LogP contribution in [0.1, 0.15) is 29.3 Å². The van der Waals surface area contributed by atoms with Crippen molar-refractivity contribution in [3.63, 3.8) is 0 Å². The normalized spacial score (nSPS) is 16.8. The van der Waals surface area contributed by atoms with Crippen molar-refractivity contribution in [2.24, 2.45) is 11.7 Å². The van der Waals surface area contributed by atoms with Gasteiger partial charge in [0.05, 0.1) is 0 Å². The predicted octanol–water partition coefficient (Wildman–Crippen LogP) is 4.90. The maximum absolute atomic E-state index is 6.26. The molecule has 1 aromatic carbocycles. The Morgan fingerprint density at radius 1 is 1.28 bits per heavy atom. The van der Waals surface area contributed by atoms with Gasteiger partial charge in [-0.25, -0.2) is 0 Å². The maximum atomic E-state index is 6.26. The molecule has 0 amide bonds. The summed E-state index contributed by atoms with van der Waals surface area (Å²) in [7, 11) is 0. The smallest absolute Gasteiger partial charge is 0.0418 e. The Labute approximate surface area is 120 Å². The Morgan fingerprint density at radius 3 is 2.72 bits per heavy atom. The molecule has 0 bridgehead atoms. The van der Waals surface area contributed by atoms with Crippen LogP contribution in [0.4, 0.5) is 0 Å². The number of hydrogen-bond acceptors (Lipinski definition) is 2. The minimum absolute atomic E-state index is 0.250. The van der Waals surface area contributed by atoms with Gasteiger partial charge >= 0.3 is 0 Å². The van der Waals surface area contributed by atoms with Crippen LogP contribution in [0.25, 0.3) is 10.4 Å². The summed E-state index contributed by atoms with van der Waals surface area (Å²) in [6, 6.07) is 11.1. The number of nitrogens with two attached hydrogens (primary N) is 1. The van der Waals surface area contributed by atoms with Crippen LogP contribution in [-0.2, 0) is 0 Å². The zero-order valence-corrected chi connectivity index (χ0v) is 12.7. The summed E-state index contributed by atoms with van der Waals surface area (Å²) >= 11 is 5.35. The number of halogens is 1. The highest BCUT2D eigenvalue weighted by Gasteiger charge is 2.30. The molecule has 2 aromatic rings. The third kappa shape index (κ3) is 2.40. The average molecular weight is 322 g/mol. The summed E-state index contributed by atoms with van der Waals surface area (Å²) in [6.07, 6.45) is 2.59. The monoisotopic (exact) mass is 321 g/mol. The van der Waals surface area contributed by atoms with Gasteiger partial charge < -0.3 is 5.73 Å². The van der Waals surface area contributed by atoms with E-state index in [4.69, 9.17) is 5.73 Å². The number of benzene rings is 1. The van der Waals surface area contributed by atoms with Gasteiger partial charge in [-0.1, -0.05) is 22.0 Å². The summed E-state index contributed by atoms with van der Waals surface area (Å²) in [4.78, 5) is 2.65. The number of aryl methyl sites for hydroxylation is 1. The van der Waals surface area contributed by atoms with E-state index in [2.05, 4.69) is 53.2 Å². The lowest BCUT2D eigenvalue weighted by molar-refractivity contribution is 0.645. The van der Waals surface area contributed by atoms with Crippen LogP contribution in [0, 0.1) is 12.8 Å². The van der Waals surface area contributed by atoms with E-state index in [0.717, 1.165) is 10.4 Å². The van der Waals surface area contributed by atoms with E-state index in [1.54, 1.807) is 0 Å². The van der Waals surface area contributed by atoms with Gasteiger partial charge in [0, 0.05) is 20.3 Å². The summed E-state index contributed by atoms with van der Waals surface area (Å²) < 4.78 is 1.13. The van der Waals surface area contributed by atoms with Crippen LogP contribution >= 0.6 is 27.3 Å². The van der Waals surface area contributed by atoms with Crippen LogP contribution in [-0.4, -0.2) is 0 Å². The molecule has 1 aromatic heterocycles. The van der Waals surface area contributed by atoms with Crippen molar-refractivity contribution in [3.8, 4) is 10.4 Å². The molecule has 0 aliphatic heterocycles. The summed E-state index contributed by atoms with van der Waals surface area (Å²) in [5, 5.41) is 0. The molecule has 1 heterocycles. The van der Waals surface area contributed by atoms with E-state index in [9.17, 15) is 0 Å². The average Bonchev–Trinajstić information content (AvgIpc) is 3.07. The molecule has 1 aliphatic rings. The summed E-state index contributed by atoms with van der Waals surface area (Å²) in [5.41, 5.74) is 8.88. The van der Waals surface area contributed by atoms with E-state index in [1.165, 1.54) is 33.7 Å². The molecular formula is C15H16BrNS. The van der Waals surface area contributed by atoms with Crippen molar-refractivity contribution >= 4 is 27.3 Å². The Kier molecular flexibility index (Phi) is 3.31. The lowest BCUT2D eigenvalue weighted by atomic mass is 10.1. The molecule has 1 unspecified atom stereocenters. The molecule has 1 atom stereocenters. The maximum Gasteiger partial charge on any atom is 0.0418 e. The van der Waals surface area contributed by atoms with E-state index in [0.29, 0.717) is 0 Å². The van der Waals surface area contributed by atoms with E-state index < -0.39 is 0 Å². The molecule has 18 heavy (non-hydrogen) atoms. The molecule has 0 spiro atoms. The van der Waals surface area contributed by atoms with Gasteiger partial charge in [0.2, 0.25) is 0 Å². The molecule has 3 heteroatoms. The van der Waals surface area contributed by atoms with Gasteiger partial charge in [-0.3, -0.25) is 0 Å². The van der Waals surface area contributed by atoms with Crippen LogP contribution in [0.15, 0.2) is 34.8 Å². The van der Waals surface area contributed by atoms with Gasteiger partial charge in [-0.15, -0.1) is 11.3 Å².